The van der Waals surface area contributed by atoms with Crippen molar-refractivity contribution >= 4 is 22.6 Å². The van der Waals surface area contributed by atoms with E-state index in [9.17, 15) is 0 Å². The number of rotatable bonds is 11. The molecular weight excluding hydrogens is 543 g/mol. The van der Waals surface area contributed by atoms with Crippen LogP contribution in [0.3, 0.4) is 0 Å². The molecule has 4 rings (SSSR count). The van der Waals surface area contributed by atoms with Gasteiger partial charge in [-0.05, 0) is 16.7 Å². The fraction of sp³-hybridized carbons (Fsp3) is 0.357. The predicted octanol–water partition coefficient (Wildman–Crippen LogP) is 5.55. The third-order valence-corrected chi connectivity index (χ3v) is 6.70. The standard InChI is InChI=1S/C28H31IO5/c1-30-28-27(33-20-23-15-9-4-10-16-23)26(32-19-22-13-7-3-8-14-22)25(24(17-29)34-28)31-18-21-11-5-2-6-12-21/h2-16,24-28H,17-20H2,1H3/t24-,25-,26+,27-,28-/m0/s1. The molecule has 0 amide bonds. The van der Waals surface area contributed by atoms with Gasteiger partial charge in [-0.15, -0.1) is 0 Å². The van der Waals surface area contributed by atoms with Crippen LogP contribution in [-0.2, 0) is 43.5 Å². The van der Waals surface area contributed by atoms with Gasteiger partial charge in [0.25, 0.3) is 0 Å². The molecule has 180 valence electrons. The van der Waals surface area contributed by atoms with Gasteiger partial charge in [-0.2, -0.15) is 0 Å². The SMILES string of the molecule is CO[C@H]1O[C@@H](CI)[C@H](OCc2ccccc2)[C@@H](OCc2ccccc2)[C@@H]1OCc1ccccc1. The maximum absolute atomic E-state index is 6.52. The van der Waals surface area contributed by atoms with Gasteiger partial charge in [0.2, 0.25) is 0 Å². The summed E-state index contributed by atoms with van der Waals surface area (Å²) in [4.78, 5) is 0. The summed E-state index contributed by atoms with van der Waals surface area (Å²) in [7, 11) is 1.65. The largest absolute Gasteiger partial charge is 0.368 e. The second-order valence-corrected chi connectivity index (χ2v) is 9.10. The minimum atomic E-state index is -0.555. The monoisotopic (exact) mass is 574 g/mol. The highest BCUT2D eigenvalue weighted by Crippen LogP contribution is 2.31. The average Bonchev–Trinajstić information content (AvgIpc) is 2.91. The number of alkyl halides is 1. The Morgan fingerprint density at radius 2 is 1.03 bits per heavy atom. The highest BCUT2D eigenvalue weighted by Gasteiger charge is 2.48. The molecule has 1 heterocycles. The summed E-state index contributed by atoms with van der Waals surface area (Å²) in [5.74, 6) is 0. The molecule has 34 heavy (non-hydrogen) atoms. The van der Waals surface area contributed by atoms with Crippen LogP contribution in [0.1, 0.15) is 16.7 Å². The molecule has 0 saturated carbocycles. The lowest BCUT2D eigenvalue weighted by molar-refractivity contribution is -0.313. The molecule has 1 aliphatic rings. The van der Waals surface area contributed by atoms with Gasteiger partial charge in [-0.1, -0.05) is 114 Å². The normalized spacial score (nSPS) is 24.7. The number of methoxy groups -OCH3 is 1. The van der Waals surface area contributed by atoms with Crippen LogP contribution in [0.2, 0.25) is 0 Å². The van der Waals surface area contributed by atoms with Crippen LogP contribution in [0.4, 0.5) is 0 Å². The van der Waals surface area contributed by atoms with E-state index in [0.717, 1.165) is 21.1 Å². The first-order valence-electron chi connectivity index (χ1n) is 11.5. The summed E-state index contributed by atoms with van der Waals surface area (Å²) >= 11 is 2.33. The smallest absolute Gasteiger partial charge is 0.186 e. The van der Waals surface area contributed by atoms with Crippen molar-refractivity contribution in [3.8, 4) is 0 Å². The summed E-state index contributed by atoms with van der Waals surface area (Å²) in [6, 6.07) is 30.4. The molecule has 1 aliphatic heterocycles. The molecule has 0 radical (unpaired) electrons. The fourth-order valence-corrected chi connectivity index (χ4v) is 4.77. The van der Waals surface area contributed by atoms with Gasteiger partial charge in [0.1, 0.15) is 18.3 Å². The lowest BCUT2D eigenvalue weighted by Crippen LogP contribution is -2.61. The molecule has 1 saturated heterocycles. The fourth-order valence-electron chi connectivity index (χ4n) is 4.06. The van der Waals surface area contributed by atoms with Gasteiger partial charge in [0.15, 0.2) is 6.29 Å². The summed E-state index contributed by atoms with van der Waals surface area (Å²) in [5.41, 5.74) is 3.28. The van der Waals surface area contributed by atoms with E-state index in [2.05, 4.69) is 46.9 Å². The zero-order valence-corrected chi connectivity index (χ0v) is 21.5. The second-order valence-electron chi connectivity index (χ2n) is 8.22. The van der Waals surface area contributed by atoms with Crippen molar-refractivity contribution < 1.29 is 23.7 Å². The van der Waals surface area contributed by atoms with Crippen LogP contribution in [-0.4, -0.2) is 42.2 Å². The Morgan fingerprint density at radius 3 is 1.44 bits per heavy atom. The van der Waals surface area contributed by atoms with E-state index in [0.29, 0.717) is 19.8 Å². The van der Waals surface area contributed by atoms with Crippen LogP contribution in [0, 0.1) is 0 Å². The van der Waals surface area contributed by atoms with Crippen LogP contribution in [0.5, 0.6) is 0 Å². The summed E-state index contributed by atoms with van der Waals surface area (Å²) in [6.45, 7) is 1.35. The molecule has 0 unspecified atom stereocenters. The van der Waals surface area contributed by atoms with E-state index in [4.69, 9.17) is 23.7 Å². The molecule has 5 nitrogen and oxygen atoms in total. The first-order valence-corrected chi connectivity index (χ1v) is 13.0. The molecule has 3 aromatic rings. The minimum absolute atomic E-state index is 0.188. The van der Waals surface area contributed by atoms with E-state index in [-0.39, 0.29) is 18.3 Å². The molecule has 0 bridgehead atoms. The molecule has 0 aliphatic carbocycles. The Morgan fingerprint density at radius 1 is 0.618 bits per heavy atom. The maximum atomic E-state index is 6.52. The quantitative estimate of drug-likeness (QED) is 0.222. The molecule has 0 spiro atoms. The minimum Gasteiger partial charge on any atom is -0.368 e. The highest BCUT2D eigenvalue weighted by atomic mass is 127. The van der Waals surface area contributed by atoms with Gasteiger partial charge in [0, 0.05) is 11.5 Å². The third kappa shape index (κ3) is 6.87. The lowest BCUT2D eigenvalue weighted by Gasteiger charge is -2.45. The Balaban J connectivity index is 1.56. The van der Waals surface area contributed by atoms with Gasteiger partial charge < -0.3 is 23.7 Å². The van der Waals surface area contributed by atoms with E-state index in [1.54, 1.807) is 7.11 Å². The van der Waals surface area contributed by atoms with Gasteiger partial charge >= 0.3 is 0 Å². The summed E-state index contributed by atoms with van der Waals surface area (Å²) < 4.78 is 32.2. The Labute approximate surface area is 215 Å². The molecule has 0 N–H and O–H groups in total. The van der Waals surface area contributed by atoms with Crippen LogP contribution < -0.4 is 0 Å². The van der Waals surface area contributed by atoms with E-state index >= 15 is 0 Å². The van der Waals surface area contributed by atoms with Crippen molar-refractivity contribution in [2.24, 2.45) is 0 Å². The molecular formula is C28H31IO5. The number of hydrogen-bond acceptors (Lipinski definition) is 5. The lowest BCUT2D eigenvalue weighted by atomic mass is 9.98. The number of hydrogen-bond donors (Lipinski definition) is 0. The Hall–Kier alpha value is -1.81. The zero-order valence-electron chi connectivity index (χ0n) is 19.3. The highest BCUT2D eigenvalue weighted by molar-refractivity contribution is 14.1. The van der Waals surface area contributed by atoms with E-state index in [1.807, 2.05) is 66.7 Å². The van der Waals surface area contributed by atoms with Gasteiger partial charge in [-0.25, -0.2) is 0 Å². The van der Waals surface area contributed by atoms with Crippen molar-refractivity contribution in [2.75, 3.05) is 11.5 Å². The van der Waals surface area contributed by atoms with Crippen molar-refractivity contribution in [1.29, 1.82) is 0 Å². The number of halogens is 1. The summed E-state index contributed by atoms with van der Waals surface area (Å²) in [6.07, 6.45) is -1.87. The average molecular weight is 574 g/mol. The van der Waals surface area contributed by atoms with Crippen LogP contribution in [0.15, 0.2) is 91.0 Å². The van der Waals surface area contributed by atoms with Gasteiger partial charge in [-0.3, -0.25) is 0 Å². The summed E-state index contributed by atoms with van der Waals surface area (Å²) in [5, 5.41) is 0. The van der Waals surface area contributed by atoms with Crippen LogP contribution >= 0.6 is 22.6 Å². The number of benzene rings is 3. The van der Waals surface area contributed by atoms with Crippen molar-refractivity contribution in [1.82, 2.24) is 0 Å². The van der Waals surface area contributed by atoms with E-state index < -0.39 is 12.4 Å². The van der Waals surface area contributed by atoms with Gasteiger partial charge in [0.05, 0.1) is 25.9 Å². The zero-order chi connectivity index (χ0) is 23.6. The first-order chi connectivity index (χ1) is 16.8. The molecule has 0 aromatic heterocycles. The molecule has 3 aromatic carbocycles. The van der Waals surface area contributed by atoms with Crippen molar-refractivity contribution in [3.63, 3.8) is 0 Å². The predicted molar refractivity (Wildman–Crippen MR) is 140 cm³/mol. The molecule has 6 heteroatoms. The van der Waals surface area contributed by atoms with Crippen molar-refractivity contribution in [3.05, 3.63) is 108 Å². The molecule has 5 atom stereocenters. The topological polar surface area (TPSA) is 46.2 Å². The number of ether oxygens (including phenoxy) is 5. The first kappa shape index (κ1) is 25.3. The van der Waals surface area contributed by atoms with Crippen molar-refractivity contribution in [2.45, 2.75) is 50.5 Å². The Bertz CT molecular complexity index is 899. The third-order valence-electron chi connectivity index (χ3n) is 5.83. The second kappa shape index (κ2) is 13.3. The van der Waals surface area contributed by atoms with E-state index in [1.165, 1.54) is 0 Å². The Kier molecular flexibility index (Phi) is 9.91. The maximum Gasteiger partial charge on any atom is 0.186 e. The van der Waals surface area contributed by atoms with Crippen LogP contribution in [0.25, 0.3) is 0 Å². The molecule has 1 fully saturated rings.